The minimum absolute atomic E-state index is 0.00776. The van der Waals surface area contributed by atoms with Crippen LogP contribution in [0.5, 0.6) is 5.75 Å². The number of para-hydroxylation sites is 1. The average molecular weight is 300 g/mol. The van der Waals surface area contributed by atoms with Crippen LogP contribution in [0.4, 0.5) is 0 Å². The summed E-state index contributed by atoms with van der Waals surface area (Å²) in [7, 11) is 0. The van der Waals surface area contributed by atoms with E-state index in [-0.39, 0.29) is 6.42 Å². The number of carboxylic acid groups (broad SMARTS) is 1. The van der Waals surface area contributed by atoms with Gasteiger partial charge in [-0.25, -0.2) is 0 Å². The molecule has 1 heterocycles. The van der Waals surface area contributed by atoms with Gasteiger partial charge < -0.3 is 9.84 Å². The lowest BCUT2D eigenvalue weighted by atomic mass is 10.0. The molecule has 0 aliphatic carbocycles. The summed E-state index contributed by atoms with van der Waals surface area (Å²) in [6.45, 7) is 0.584. The molecule has 1 atom stereocenters. The van der Waals surface area contributed by atoms with Gasteiger partial charge >= 0.3 is 5.97 Å². The van der Waals surface area contributed by atoms with Crippen molar-refractivity contribution in [2.75, 3.05) is 12.4 Å². The van der Waals surface area contributed by atoms with Crippen LogP contribution in [0.3, 0.4) is 0 Å². The van der Waals surface area contributed by atoms with E-state index in [2.05, 4.69) is 24.3 Å². The predicted octanol–water partition coefficient (Wildman–Crippen LogP) is 3.58. The lowest BCUT2D eigenvalue weighted by molar-refractivity contribution is -0.136. The number of fused-ring (bicyclic) bond motifs is 1. The second-order valence-electron chi connectivity index (χ2n) is 5.03. The zero-order chi connectivity index (χ0) is 14.7. The number of ether oxygens (including phenoxy) is 1. The molecule has 1 aliphatic heterocycles. The van der Waals surface area contributed by atoms with Crippen LogP contribution in [-0.4, -0.2) is 23.4 Å². The largest absolute Gasteiger partial charge is 0.493 e. The third-order valence-corrected chi connectivity index (χ3v) is 4.80. The fourth-order valence-electron chi connectivity index (χ4n) is 2.51. The van der Waals surface area contributed by atoms with E-state index in [9.17, 15) is 4.79 Å². The lowest BCUT2D eigenvalue weighted by Gasteiger charge is -2.14. The summed E-state index contributed by atoms with van der Waals surface area (Å²) in [5.74, 6) is 1.21. The van der Waals surface area contributed by atoms with Crippen LogP contribution in [0.15, 0.2) is 53.4 Å². The Balaban J connectivity index is 1.70. The normalized spacial score (nSPS) is 16.5. The van der Waals surface area contributed by atoms with E-state index < -0.39 is 5.97 Å². The predicted molar refractivity (Wildman–Crippen MR) is 83.2 cm³/mol. The number of carboxylic acids is 1. The highest BCUT2D eigenvalue weighted by atomic mass is 32.2. The monoisotopic (exact) mass is 300 g/mol. The number of carbonyl (C=O) groups is 1. The number of thioether (sulfide) groups is 1. The van der Waals surface area contributed by atoms with E-state index in [1.807, 2.05) is 30.0 Å². The van der Waals surface area contributed by atoms with E-state index in [1.54, 1.807) is 6.07 Å². The minimum Gasteiger partial charge on any atom is -0.493 e. The molecule has 4 heteroatoms. The number of benzene rings is 2. The summed E-state index contributed by atoms with van der Waals surface area (Å²) >= 11 is 1.85. The molecule has 0 fully saturated rings. The highest BCUT2D eigenvalue weighted by molar-refractivity contribution is 7.99. The van der Waals surface area contributed by atoms with Gasteiger partial charge in [0.1, 0.15) is 5.75 Å². The van der Waals surface area contributed by atoms with Gasteiger partial charge in [0, 0.05) is 22.1 Å². The molecule has 0 saturated heterocycles. The standard InChI is InChI=1S/C17H16O3S/c18-17(19)9-12-5-1-3-7-15(12)20-10-13-11-21-16-8-4-2-6-14(13)16/h1-8,13H,9-11H2,(H,18,19). The number of hydrogen-bond donors (Lipinski definition) is 1. The molecule has 0 aromatic heterocycles. The van der Waals surface area contributed by atoms with Crippen molar-refractivity contribution in [2.24, 2.45) is 0 Å². The Morgan fingerprint density at radius 1 is 1.19 bits per heavy atom. The topological polar surface area (TPSA) is 46.5 Å². The highest BCUT2D eigenvalue weighted by Crippen LogP contribution is 2.39. The summed E-state index contributed by atoms with van der Waals surface area (Å²) in [4.78, 5) is 12.2. The van der Waals surface area contributed by atoms with Crippen molar-refractivity contribution in [3.63, 3.8) is 0 Å². The molecule has 3 rings (SSSR count). The molecule has 0 saturated carbocycles. The third kappa shape index (κ3) is 3.22. The smallest absolute Gasteiger partial charge is 0.307 e. The van der Waals surface area contributed by atoms with Crippen molar-refractivity contribution in [3.8, 4) is 5.75 Å². The van der Waals surface area contributed by atoms with Crippen LogP contribution in [0.2, 0.25) is 0 Å². The van der Waals surface area contributed by atoms with Crippen LogP contribution in [-0.2, 0) is 11.2 Å². The van der Waals surface area contributed by atoms with Gasteiger partial charge in [0.2, 0.25) is 0 Å². The van der Waals surface area contributed by atoms with Crippen molar-refractivity contribution in [3.05, 3.63) is 59.7 Å². The zero-order valence-corrected chi connectivity index (χ0v) is 12.3. The van der Waals surface area contributed by atoms with Crippen molar-refractivity contribution < 1.29 is 14.6 Å². The Labute approximate surface area is 127 Å². The van der Waals surface area contributed by atoms with Gasteiger partial charge in [0.15, 0.2) is 0 Å². The quantitative estimate of drug-likeness (QED) is 0.917. The Kier molecular flexibility index (Phi) is 4.15. The molecule has 2 aromatic carbocycles. The van der Waals surface area contributed by atoms with Gasteiger partial charge in [-0.3, -0.25) is 4.79 Å². The van der Waals surface area contributed by atoms with Gasteiger partial charge in [-0.05, 0) is 17.7 Å². The van der Waals surface area contributed by atoms with Crippen LogP contribution in [0.1, 0.15) is 17.0 Å². The Bertz CT molecular complexity index is 654. The van der Waals surface area contributed by atoms with Crippen LogP contribution < -0.4 is 4.74 Å². The van der Waals surface area contributed by atoms with Gasteiger partial charge in [-0.2, -0.15) is 0 Å². The summed E-state index contributed by atoms with van der Waals surface area (Å²) in [6.07, 6.45) is -0.00776. The number of aliphatic carboxylic acids is 1. The average Bonchev–Trinajstić information content (AvgIpc) is 2.89. The molecule has 0 amide bonds. The van der Waals surface area contributed by atoms with Crippen LogP contribution in [0, 0.1) is 0 Å². The first-order chi connectivity index (χ1) is 10.2. The fraction of sp³-hybridized carbons (Fsp3) is 0.235. The molecule has 1 aliphatic rings. The lowest BCUT2D eigenvalue weighted by Crippen LogP contribution is -2.11. The van der Waals surface area contributed by atoms with Gasteiger partial charge in [-0.15, -0.1) is 11.8 Å². The van der Waals surface area contributed by atoms with E-state index in [0.717, 1.165) is 11.3 Å². The van der Waals surface area contributed by atoms with E-state index in [1.165, 1.54) is 10.5 Å². The van der Waals surface area contributed by atoms with Crippen molar-refractivity contribution in [1.82, 2.24) is 0 Å². The SMILES string of the molecule is O=C(O)Cc1ccccc1OCC1CSc2ccccc21. The number of hydrogen-bond acceptors (Lipinski definition) is 3. The Morgan fingerprint density at radius 3 is 2.81 bits per heavy atom. The number of rotatable bonds is 5. The molecule has 0 bridgehead atoms. The third-order valence-electron chi connectivity index (χ3n) is 3.55. The first-order valence-electron chi connectivity index (χ1n) is 6.88. The van der Waals surface area contributed by atoms with Gasteiger partial charge in [0.05, 0.1) is 13.0 Å². The maximum absolute atomic E-state index is 10.9. The molecule has 21 heavy (non-hydrogen) atoms. The van der Waals surface area contributed by atoms with Crippen molar-refractivity contribution in [1.29, 1.82) is 0 Å². The van der Waals surface area contributed by atoms with Crippen LogP contribution in [0.25, 0.3) is 0 Å². The molecule has 0 radical (unpaired) electrons. The Hall–Kier alpha value is -1.94. The first-order valence-corrected chi connectivity index (χ1v) is 7.87. The summed E-state index contributed by atoms with van der Waals surface area (Å²) in [5.41, 5.74) is 2.06. The van der Waals surface area contributed by atoms with Gasteiger partial charge in [-0.1, -0.05) is 36.4 Å². The molecule has 1 unspecified atom stereocenters. The van der Waals surface area contributed by atoms with E-state index >= 15 is 0 Å². The fourth-order valence-corrected chi connectivity index (χ4v) is 3.74. The molecule has 108 valence electrons. The molecular weight excluding hydrogens is 284 g/mol. The van der Waals surface area contributed by atoms with Crippen LogP contribution >= 0.6 is 11.8 Å². The molecule has 1 N–H and O–H groups in total. The van der Waals surface area contributed by atoms with Crippen molar-refractivity contribution >= 4 is 17.7 Å². The first kappa shape index (κ1) is 14.0. The maximum atomic E-state index is 10.9. The molecule has 3 nitrogen and oxygen atoms in total. The summed E-state index contributed by atoms with van der Waals surface area (Å²) in [5, 5.41) is 8.94. The molecule has 0 spiro atoms. The van der Waals surface area contributed by atoms with Gasteiger partial charge in [0.25, 0.3) is 0 Å². The maximum Gasteiger partial charge on any atom is 0.307 e. The zero-order valence-electron chi connectivity index (χ0n) is 11.5. The molecular formula is C17H16O3S. The summed E-state index contributed by atoms with van der Waals surface area (Å²) in [6, 6.07) is 15.7. The second-order valence-corrected chi connectivity index (χ2v) is 6.10. The van der Waals surface area contributed by atoms with Crippen molar-refractivity contribution in [2.45, 2.75) is 17.2 Å². The minimum atomic E-state index is -0.840. The molecule has 2 aromatic rings. The second kappa shape index (κ2) is 6.22. The highest BCUT2D eigenvalue weighted by Gasteiger charge is 2.23. The van der Waals surface area contributed by atoms with E-state index in [4.69, 9.17) is 9.84 Å². The Morgan fingerprint density at radius 2 is 1.95 bits per heavy atom. The summed E-state index contributed by atoms with van der Waals surface area (Å²) < 4.78 is 5.90. The van der Waals surface area contributed by atoms with E-state index in [0.29, 0.717) is 18.3 Å².